The highest BCUT2D eigenvalue weighted by atomic mass is 16.1. The van der Waals surface area contributed by atoms with E-state index in [-0.39, 0.29) is 5.91 Å². The lowest BCUT2D eigenvalue weighted by Crippen LogP contribution is -2.40. The first-order valence-corrected chi connectivity index (χ1v) is 9.50. The number of aromatic nitrogens is 3. The third-order valence-electron chi connectivity index (χ3n) is 5.37. The second-order valence-corrected chi connectivity index (χ2v) is 7.50. The van der Waals surface area contributed by atoms with Gasteiger partial charge in [-0.25, -0.2) is 9.67 Å². The van der Waals surface area contributed by atoms with Crippen molar-refractivity contribution >= 4 is 5.91 Å². The molecule has 3 rings (SSSR count). The molecule has 1 aliphatic carbocycles. The molecule has 2 aliphatic rings. The maximum atomic E-state index is 12.1. The lowest BCUT2D eigenvalue weighted by atomic mass is 9.98. The summed E-state index contributed by atoms with van der Waals surface area (Å²) in [5.41, 5.74) is 0. The molecule has 0 unspecified atom stereocenters. The van der Waals surface area contributed by atoms with Crippen molar-refractivity contribution in [1.29, 1.82) is 0 Å². The Morgan fingerprint density at radius 3 is 2.71 bits per heavy atom. The van der Waals surface area contributed by atoms with E-state index in [1.807, 2.05) is 18.5 Å². The molecule has 134 valence electrons. The van der Waals surface area contributed by atoms with Gasteiger partial charge in [0.2, 0.25) is 5.91 Å². The van der Waals surface area contributed by atoms with Crippen molar-refractivity contribution in [3.8, 4) is 0 Å². The standard InChI is InChI=1S/C18H31N5O/c1-14-19-15(2)23(21-14)13-16-6-5-10-22(12-16)11-9-18(24)20-17-7-3-4-8-17/h16-17H,3-13H2,1-2H3,(H,20,24)/t16-/m1/s1. The van der Waals surface area contributed by atoms with Crippen molar-refractivity contribution < 1.29 is 4.79 Å². The highest BCUT2D eigenvalue weighted by Crippen LogP contribution is 2.20. The van der Waals surface area contributed by atoms with Crippen molar-refractivity contribution in [2.24, 2.45) is 5.92 Å². The minimum atomic E-state index is 0.228. The van der Waals surface area contributed by atoms with Crippen LogP contribution >= 0.6 is 0 Å². The molecule has 1 aromatic heterocycles. The Hall–Kier alpha value is -1.43. The monoisotopic (exact) mass is 333 g/mol. The zero-order chi connectivity index (χ0) is 16.9. The molecule has 2 heterocycles. The number of aryl methyl sites for hydroxylation is 2. The summed E-state index contributed by atoms with van der Waals surface area (Å²) in [6.07, 6.45) is 7.93. The fraction of sp³-hybridized carbons (Fsp3) is 0.833. The Labute approximate surface area is 145 Å². The second kappa shape index (κ2) is 8.10. The van der Waals surface area contributed by atoms with E-state index in [4.69, 9.17) is 0 Å². The molecular weight excluding hydrogens is 302 g/mol. The Kier molecular flexibility index (Phi) is 5.87. The van der Waals surface area contributed by atoms with Crippen LogP contribution in [0.15, 0.2) is 0 Å². The fourth-order valence-corrected chi connectivity index (χ4v) is 4.11. The van der Waals surface area contributed by atoms with Crippen LogP contribution in [0.5, 0.6) is 0 Å². The largest absolute Gasteiger partial charge is 0.353 e. The van der Waals surface area contributed by atoms with Crippen molar-refractivity contribution in [2.75, 3.05) is 19.6 Å². The molecule has 1 saturated heterocycles. The van der Waals surface area contributed by atoms with Crippen LogP contribution in [-0.4, -0.2) is 51.2 Å². The fourth-order valence-electron chi connectivity index (χ4n) is 4.11. The minimum absolute atomic E-state index is 0.228. The highest BCUT2D eigenvalue weighted by molar-refractivity contribution is 5.76. The summed E-state index contributed by atoms with van der Waals surface area (Å²) in [6, 6.07) is 0.435. The van der Waals surface area contributed by atoms with Gasteiger partial charge in [-0.2, -0.15) is 5.10 Å². The van der Waals surface area contributed by atoms with Crippen molar-refractivity contribution in [3.05, 3.63) is 11.6 Å². The third kappa shape index (κ3) is 4.79. The lowest BCUT2D eigenvalue weighted by Gasteiger charge is -2.32. The molecule has 1 atom stereocenters. The molecule has 0 radical (unpaired) electrons. The topological polar surface area (TPSA) is 63.1 Å². The molecule has 1 aromatic rings. The Morgan fingerprint density at radius 1 is 1.21 bits per heavy atom. The van der Waals surface area contributed by atoms with Gasteiger partial charge in [-0.05, 0) is 52.0 Å². The van der Waals surface area contributed by atoms with Gasteiger partial charge in [0.25, 0.3) is 0 Å². The van der Waals surface area contributed by atoms with Gasteiger partial charge in [-0.3, -0.25) is 4.79 Å². The van der Waals surface area contributed by atoms with Gasteiger partial charge in [0.1, 0.15) is 11.6 Å². The van der Waals surface area contributed by atoms with E-state index in [0.29, 0.717) is 18.4 Å². The van der Waals surface area contributed by atoms with Gasteiger partial charge in [0.15, 0.2) is 0 Å². The molecule has 0 spiro atoms. The number of nitrogens with zero attached hydrogens (tertiary/aromatic N) is 4. The lowest BCUT2D eigenvalue weighted by molar-refractivity contribution is -0.122. The number of carbonyl (C=O) groups is 1. The molecule has 6 heteroatoms. The van der Waals surface area contributed by atoms with Crippen LogP contribution in [0.3, 0.4) is 0 Å². The van der Waals surface area contributed by atoms with Crippen molar-refractivity contribution in [3.63, 3.8) is 0 Å². The molecular formula is C18H31N5O. The zero-order valence-corrected chi connectivity index (χ0v) is 15.1. The average molecular weight is 333 g/mol. The normalized spacial score (nSPS) is 22.8. The number of nitrogens with one attached hydrogen (secondary N) is 1. The second-order valence-electron chi connectivity index (χ2n) is 7.50. The van der Waals surface area contributed by atoms with E-state index in [1.54, 1.807) is 0 Å². The summed E-state index contributed by atoms with van der Waals surface area (Å²) >= 11 is 0. The van der Waals surface area contributed by atoms with E-state index in [9.17, 15) is 4.79 Å². The van der Waals surface area contributed by atoms with Gasteiger partial charge in [-0.15, -0.1) is 0 Å². The molecule has 24 heavy (non-hydrogen) atoms. The summed E-state index contributed by atoms with van der Waals surface area (Å²) in [5.74, 6) is 2.69. The van der Waals surface area contributed by atoms with Gasteiger partial charge in [0, 0.05) is 32.1 Å². The average Bonchev–Trinajstić information content (AvgIpc) is 3.16. The van der Waals surface area contributed by atoms with Crippen molar-refractivity contribution in [2.45, 2.75) is 71.4 Å². The van der Waals surface area contributed by atoms with Crippen LogP contribution in [-0.2, 0) is 11.3 Å². The smallest absolute Gasteiger partial charge is 0.221 e. The zero-order valence-electron chi connectivity index (χ0n) is 15.1. The summed E-state index contributed by atoms with van der Waals surface area (Å²) in [5, 5.41) is 7.68. The van der Waals surface area contributed by atoms with E-state index < -0.39 is 0 Å². The van der Waals surface area contributed by atoms with E-state index in [2.05, 4.69) is 20.3 Å². The first-order chi connectivity index (χ1) is 11.6. The molecule has 2 fully saturated rings. The predicted octanol–water partition coefficient (Wildman–Crippen LogP) is 2.06. The summed E-state index contributed by atoms with van der Waals surface area (Å²) < 4.78 is 2.04. The van der Waals surface area contributed by atoms with E-state index in [1.165, 1.54) is 25.7 Å². The Morgan fingerprint density at radius 2 is 2.00 bits per heavy atom. The molecule has 1 saturated carbocycles. The molecule has 1 N–H and O–H groups in total. The maximum Gasteiger partial charge on any atom is 0.221 e. The number of piperidine rings is 1. The third-order valence-corrected chi connectivity index (χ3v) is 5.37. The predicted molar refractivity (Wildman–Crippen MR) is 93.7 cm³/mol. The Balaban J connectivity index is 1.41. The quantitative estimate of drug-likeness (QED) is 0.865. The Bertz CT molecular complexity index is 550. The van der Waals surface area contributed by atoms with Gasteiger partial charge >= 0.3 is 0 Å². The van der Waals surface area contributed by atoms with Crippen LogP contribution in [0.2, 0.25) is 0 Å². The van der Waals surface area contributed by atoms with Crippen LogP contribution < -0.4 is 5.32 Å². The van der Waals surface area contributed by atoms with Gasteiger partial charge < -0.3 is 10.2 Å². The highest BCUT2D eigenvalue weighted by Gasteiger charge is 2.22. The van der Waals surface area contributed by atoms with E-state index >= 15 is 0 Å². The van der Waals surface area contributed by atoms with Crippen LogP contribution in [0.1, 0.15) is 56.6 Å². The number of hydrogen-bond donors (Lipinski definition) is 1. The van der Waals surface area contributed by atoms with Crippen molar-refractivity contribution in [1.82, 2.24) is 25.0 Å². The first kappa shape index (κ1) is 17.4. The minimum Gasteiger partial charge on any atom is -0.353 e. The summed E-state index contributed by atoms with van der Waals surface area (Å²) in [4.78, 5) is 18.9. The molecule has 0 bridgehead atoms. The molecule has 1 amide bonds. The van der Waals surface area contributed by atoms with Crippen LogP contribution in [0.25, 0.3) is 0 Å². The number of rotatable bonds is 6. The number of carbonyl (C=O) groups excluding carboxylic acids is 1. The van der Waals surface area contributed by atoms with Gasteiger partial charge in [0.05, 0.1) is 0 Å². The molecule has 0 aromatic carbocycles. The maximum absolute atomic E-state index is 12.1. The molecule has 1 aliphatic heterocycles. The first-order valence-electron chi connectivity index (χ1n) is 9.50. The van der Waals surface area contributed by atoms with Gasteiger partial charge in [-0.1, -0.05) is 12.8 Å². The van der Waals surface area contributed by atoms with Crippen LogP contribution in [0, 0.1) is 19.8 Å². The molecule has 6 nitrogen and oxygen atoms in total. The SMILES string of the molecule is Cc1nc(C)n(C[C@@H]2CCCN(CCC(=O)NC3CCCC3)C2)n1. The number of likely N-dealkylation sites (tertiary alicyclic amines) is 1. The summed E-state index contributed by atoms with van der Waals surface area (Å²) in [7, 11) is 0. The summed E-state index contributed by atoms with van der Waals surface area (Å²) in [6.45, 7) is 7.97. The van der Waals surface area contributed by atoms with E-state index in [0.717, 1.165) is 50.7 Å². The number of hydrogen-bond acceptors (Lipinski definition) is 4. The van der Waals surface area contributed by atoms with Crippen LogP contribution in [0.4, 0.5) is 0 Å². The number of amides is 1.